The first kappa shape index (κ1) is 21.0. The number of unbranched alkanes of at least 4 members (excludes halogenated alkanes) is 1. The van der Waals surface area contributed by atoms with Crippen molar-refractivity contribution in [1.82, 2.24) is 9.97 Å². The Balaban J connectivity index is 2.53. The standard InChI is InChI=1S/C20H26F3N3O/c1-6-7-12-27-18-24-13-15(20(21,22)23)17(25-18)26(5)16-11-9-8-10-14(16)19(2,3)4/h8-11,13H,6-7,12H2,1-5H3. The van der Waals surface area contributed by atoms with Crippen LogP contribution in [0.25, 0.3) is 0 Å². The molecule has 0 unspecified atom stereocenters. The van der Waals surface area contributed by atoms with Crippen molar-refractivity contribution in [2.24, 2.45) is 0 Å². The predicted molar refractivity (Wildman–Crippen MR) is 101 cm³/mol. The third kappa shape index (κ3) is 5.11. The largest absolute Gasteiger partial charge is 0.463 e. The number of hydrogen-bond donors (Lipinski definition) is 0. The highest BCUT2D eigenvalue weighted by Gasteiger charge is 2.37. The van der Waals surface area contributed by atoms with Crippen LogP contribution in [0.3, 0.4) is 0 Å². The molecule has 0 radical (unpaired) electrons. The van der Waals surface area contributed by atoms with E-state index in [-0.39, 0.29) is 17.2 Å². The van der Waals surface area contributed by atoms with Gasteiger partial charge in [-0.15, -0.1) is 0 Å². The van der Waals surface area contributed by atoms with Gasteiger partial charge >= 0.3 is 12.2 Å². The van der Waals surface area contributed by atoms with Gasteiger partial charge in [0.05, 0.1) is 6.61 Å². The third-order valence-electron chi connectivity index (χ3n) is 4.17. The highest BCUT2D eigenvalue weighted by Crippen LogP contribution is 2.40. The van der Waals surface area contributed by atoms with Gasteiger partial charge in [0.2, 0.25) is 0 Å². The zero-order valence-corrected chi connectivity index (χ0v) is 16.4. The minimum absolute atomic E-state index is 0.0495. The van der Waals surface area contributed by atoms with Crippen molar-refractivity contribution in [1.29, 1.82) is 0 Å². The highest BCUT2D eigenvalue weighted by molar-refractivity contribution is 5.67. The number of para-hydroxylation sites is 1. The molecule has 148 valence electrons. The van der Waals surface area contributed by atoms with Gasteiger partial charge in [0, 0.05) is 18.9 Å². The quantitative estimate of drug-likeness (QED) is 0.598. The summed E-state index contributed by atoms with van der Waals surface area (Å²) < 4.78 is 46.1. The van der Waals surface area contributed by atoms with Gasteiger partial charge in [-0.2, -0.15) is 18.2 Å². The van der Waals surface area contributed by atoms with Crippen LogP contribution in [0, 0.1) is 0 Å². The molecule has 1 aromatic heterocycles. The van der Waals surface area contributed by atoms with Gasteiger partial charge < -0.3 is 9.64 Å². The summed E-state index contributed by atoms with van der Waals surface area (Å²) in [5.41, 5.74) is 0.453. The molecule has 27 heavy (non-hydrogen) atoms. The van der Waals surface area contributed by atoms with Crippen LogP contribution < -0.4 is 9.64 Å². The molecule has 0 amide bonds. The number of anilines is 2. The van der Waals surface area contributed by atoms with E-state index in [4.69, 9.17) is 4.74 Å². The molecule has 0 N–H and O–H groups in total. The average molecular weight is 381 g/mol. The molecule has 0 saturated heterocycles. The van der Waals surface area contributed by atoms with E-state index < -0.39 is 11.7 Å². The van der Waals surface area contributed by atoms with E-state index in [9.17, 15) is 13.2 Å². The van der Waals surface area contributed by atoms with Gasteiger partial charge in [0.25, 0.3) is 0 Å². The van der Waals surface area contributed by atoms with Crippen molar-refractivity contribution in [3.8, 4) is 6.01 Å². The van der Waals surface area contributed by atoms with E-state index in [0.717, 1.165) is 24.6 Å². The van der Waals surface area contributed by atoms with Crippen molar-refractivity contribution in [3.05, 3.63) is 41.6 Å². The van der Waals surface area contributed by atoms with E-state index >= 15 is 0 Å². The van der Waals surface area contributed by atoms with Crippen LogP contribution in [0.2, 0.25) is 0 Å². The number of benzene rings is 1. The molecule has 0 aliphatic rings. The molecule has 1 heterocycles. The number of aromatic nitrogens is 2. The van der Waals surface area contributed by atoms with Gasteiger partial charge in [0.1, 0.15) is 5.56 Å². The zero-order chi connectivity index (χ0) is 20.2. The molecule has 0 aliphatic heterocycles. The van der Waals surface area contributed by atoms with Crippen LogP contribution in [0.4, 0.5) is 24.7 Å². The van der Waals surface area contributed by atoms with Crippen molar-refractivity contribution < 1.29 is 17.9 Å². The molecule has 2 aromatic rings. The lowest BCUT2D eigenvalue weighted by molar-refractivity contribution is -0.137. The van der Waals surface area contributed by atoms with E-state index in [2.05, 4.69) is 9.97 Å². The van der Waals surface area contributed by atoms with Gasteiger partial charge in [-0.05, 0) is 23.5 Å². The lowest BCUT2D eigenvalue weighted by Gasteiger charge is -2.29. The first-order chi connectivity index (χ1) is 12.6. The highest BCUT2D eigenvalue weighted by atomic mass is 19.4. The van der Waals surface area contributed by atoms with E-state index in [1.807, 2.05) is 39.8 Å². The molecule has 0 saturated carbocycles. The Morgan fingerprint density at radius 2 is 1.74 bits per heavy atom. The third-order valence-corrected chi connectivity index (χ3v) is 4.17. The molecule has 1 aromatic carbocycles. The monoisotopic (exact) mass is 381 g/mol. The fourth-order valence-electron chi connectivity index (χ4n) is 2.70. The zero-order valence-electron chi connectivity index (χ0n) is 16.4. The molecular weight excluding hydrogens is 355 g/mol. The Hall–Kier alpha value is -2.31. The van der Waals surface area contributed by atoms with Crippen LogP contribution in [0.15, 0.2) is 30.5 Å². The van der Waals surface area contributed by atoms with Crippen LogP contribution in [-0.2, 0) is 11.6 Å². The second kappa shape index (κ2) is 8.15. The average Bonchev–Trinajstić information content (AvgIpc) is 2.59. The summed E-state index contributed by atoms with van der Waals surface area (Å²) in [6.45, 7) is 8.42. The van der Waals surface area contributed by atoms with Crippen molar-refractivity contribution >= 4 is 11.5 Å². The number of halogens is 3. The second-order valence-electron chi connectivity index (χ2n) is 7.42. The summed E-state index contributed by atoms with van der Waals surface area (Å²) in [4.78, 5) is 9.28. The molecule has 0 aliphatic carbocycles. The molecule has 4 nitrogen and oxygen atoms in total. The summed E-state index contributed by atoms with van der Waals surface area (Å²) in [7, 11) is 1.58. The van der Waals surface area contributed by atoms with Gasteiger partial charge in [-0.1, -0.05) is 52.3 Å². The second-order valence-corrected chi connectivity index (χ2v) is 7.42. The minimum atomic E-state index is -4.57. The number of alkyl halides is 3. The molecule has 0 bridgehead atoms. The fraction of sp³-hybridized carbons (Fsp3) is 0.500. The van der Waals surface area contributed by atoms with Crippen LogP contribution in [0.1, 0.15) is 51.7 Å². The van der Waals surface area contributed by atoms with Gasteiger partial charge in [0.15, 0.2) is 5.82 Å². The fourth-order valence-corrected chi connectivity index (χ4v) is 2.70. The molecule has 2 rings (SSSR count). The first-order valence-electron chi connectivity index (χ1n) is 8.96. The smallest absolute Gasteiger partial charge is 0.421 e. The normalized spacial score (nSPS) is 12.1. The summed E-state index contributed by atoms with van der Waals surface area (Å²) in [6.07, 6.45) is -2.09. The Labute approximate surface area is 158 Å². The molecule has 7 heteroatoms. The van der Waals surface area contributed by atoms with Crippen molar-refractivity contribution in [3.63, 3.8) is 0 Å². The molecule has 0 atom stereocenters. The SMILES string of the molecule is CCCCOc1ncc(C(F)(F)F)c(N(C)c2ccccc2C(C)(C)C)n1. The number of ether oxygens (including phenoxy) is 1. The van der Waals surface area contributed by atoms with Crippen LogP contribution >= 0.6 is 0 Å². The summed E-state index contributed by atoms with van der Waals surface area (Å²) in [6, 6.07) is 7.33. The Kier molecular flexibility index (Phi) is 6.34. The van der Waals surface area contributed by atoms with E-state index in [0.29, 0.717) is 12.3 Å². The lowest BCUT2D eigenvalue weighted by atomic mass is 9.85. The topological polar surface area (TPSA) is 38.2 Å². The molecule has 0 fully saturated rings. The number of rotatable bonds is 6. The summed E-state index contributed by atoms with van der Waals surface area (Å²) >= 11 is 0. The maximum absolute atomic E-state index is 13.5. The van der Waals surface area contributed by atoms with Crippen molar-refractivity contribution in [2.45, 2.75) is 52.1 Å². The van der Waals surface area contributed by atoms with E-state index in [1.54, 1.807) is 19.2 Å². The Morgan fingerprint density at radius 3 is 2.33 bits per heavy atom. The maximum atomic E-state index is 13.5. The Bertz CT molecular complexity index is 770. The number of hydrogen-bond acceptors (Lipinski definition) is 4. The molecular formula is C20H26F3N3O. The summed E-state index contributed by atoms with van der Waals surface area (Å²) in [5.74, 6) is -0.222. The predicted octanol–water partition coefficient (Wildman–Crippen LogP) is 5.74. The summed E-state index contributed by atoms with van der Waals surface area (Å²) in [5, 5.41) is 0. The van der Waals surface area contributed by atoms with Gasteiger partial charge in [-0.25, -0.2) is 4.98 Å². The lowest BCUT2D eigenvalue weighted by Crippen LogP contribution is -2.23. The van der Waals surface area contributed by atoms with Gasteiger partial charge in [-0.3, -0.25) is 0 Å². The Morgan fingerprint density at radius 1 is 1.07 bits per heavy atom. The van der Waals surface area contributed by atoms with Crippen LogP contribution in [0.5, 0.6) is 6.01 Å². The van der Waals surface area contributed by atoms with Crippen LogP contribution in [-0.4, -0.2) is 23.6 Å². The number of nitrogens with zero attached hydrogens (tertiary/aromatic N) is 3. The van der Waals surface area contributed by atoms with E-state index in [1.165, 1.54) is 4.90 Å². The first-order valence-corrected chi connectivity index (χ1v) is 8.96. The maximum Gasteiger partial charge on any atom is 0.421 e. The van der Waals surface area contributed by atoms with Crippen molar-refractivity contribution in [2.75, 3.05) is 18.6 Å². The minimum Gasteiger partial charge on any atom is -0.463 e. The molecule has 0 spiro atoms.